The van der Waals surface area contributed by atoms with Crippen molar-refractivity contribution in [3.05, 3.63) is 59.8 Å². The molecule has 0 N–H and O–H groups in total. The second-order valence-electron chi connectivity index (χ2n) is 4.45. The zero-order valence-electron chi connectivity index (χ0n) is 11.0. The summed E-state index contributed by atoms with van der Waals surface area (Å²) < 4.78 is 7.45. The summed E-state index contributed by atoms with van der Waals surface area (Å²) in [5, 5.41) is 0. The van der Waals surface area contributed by atoms with Crippen molar-refractivity contribution in [2.75, 3.05) is 0 Å². The van der Waals surface area contributed by atoms with Crippen LogP contribution in [0.2, 0.25) is 0 Å². The summed E-state index contributed by atoms with van der Waals surface area (Å²) in [6.07, 6.45) is 4.16. The fourth-order valence-electron chi connectivity index (χ4n) is 1.97. The Labute approximate surface area is 115 Å². The molecule has 0 aliphatic rings. The Kier molecular flexibility index (Phi) is 3.16. The fourth-order valence-corrected chi connectivity index (χ4v) is 1.97. The number of nitrogens with zero attached hydrogens (tertiary/aromatic N) is 3. The molecule has 20 heavy (non-hydrogen) atoms. The molecular weight excluding hydrogens is 254 g/mol. The number of aromatic nitrogens is 3. The van der Waals surface area contributed by atoms with E-state index < -0.39 is 0 Å². The highest BCUT2D eigenvalue weighted by Gasteiger charge is 2.11. The first-order valence-electron chi connectivity index (χ1n) is 6.24. The molecule has 0 atom stereocenters. The van der Waals surface area contributed by atoms with E-state index >= 15 is 0 Å². The molecule has 0 spiro atoms. The normalized spacial score (nSPS) is 10.7. The molecule has 0 fully saturated rings. The lowest BCUT2D eigenvalue weighted by molar-refractivity contribution is 0.112. The van der Waals surface area contributed by atoms with E-state index in [2.05, 4.69) is 9.97 Å². The van der Waals surface area contributed by atoms with Gasteiger partial charge in [-0.3, -0.25) is 9.20 Å². The van der Waals surface area contributed by atoms with Gasteiger partial charge in [-0.15, -0.1) is 0 Å². The van der Waals surface area contributed by atoms with Gasteiger partial charge in [0.1, 0.15) is 18.1 Å². The Morgan fingerprint density at radius 3 is 2.85 bits per heavy atom. The van der Waals surface area contributed by atoms with E-state index in [1.807, 2.05) is 37.4 Å². The second-order valence-corrected chi connectivity index (χ2v) is 4.45. The molecule has 0 aliphatic heterocycles. The number of imidazole rings is 1. The lowest BCUT2D eigenvalue weighted by atomic mass is 10.2. The van der Waals surface area contributed by atoms with Crippen LogP contribution in [-0.2, 0) is 6.61 Å². The van der Waals surface area contributed by atoms with Crippen molar-refractivity contribution in [3.8, 4) is 5.75 Å². The van der Waals surface area contributed by atoms with Crippen LogP contribution in [0.3, 0.4) is 0 Å². The molecule has 3 rings (SSSR count). The smallest absolute Gasteiger partial charge is 0.172 e. The van der Waals surface area contributed by atoms with Crippen molar-refractivity contribution in [1.29, 1.82) is 0 Å². The molecule has 0 saturated heterocycles. The second kappa shape index (κ2) is 5.13. The molecule has 0 bridgehead atoms. The average Bonchev–Trinajstić information content (AvgIpc) is 2.85. The third kappa shape index (κ3) is 2.25. The van der Waals surface area contributed by atoms with Gasteiger partial charge in [-0.05, 0) is 25.1 Å². The maximum Gasteiger partial charge on any atom is 0.172 e. The fraction of sp³-hybridized carbons (Fsp3) is 0.133. The monoisotopic (exact) mass is 267 g/mol. The molecular formula is C15H13N3O2. The van der Waals surface area contributed by atoms with E-state index in [0.717, 1.165) is 5.75 Å². The lowest BCUT2D eigenvalue weighted by Crippen LogP contribution is -2.01. The topological polar surface area (TPSA) is 56.5 Å². The number of rotatable bonds is 4. The van der Waals surface area contributed by atoms with Gasteiger partial charge in [0.25, 0.3) is 0 Å². The Balaban J connectivity index is 1.87. The van der Waals surface area contributed by atoms with Gasteiger partial charge in [0.05, 0.1) is 0 Å². The Morgan fingerprint density at radius 1 is 1.30 bits per heavy atom. The minimum Gasteiger partial charge on any atom is -0.486 e. The van der Waals surface area contributed by atoms with Crippen molar-refractivity contribution in [2.45, 2.75) is 13.5 Å². The number of carbonyl (C=O) groups is 1. The number of aldehydes is 1. The highest BCUT2D eigenvalue weighted by Crippen LogP contribution is 2.15. The summed E-state index contributed by atoms with van der Waals surface area (Å²) >= 11 is 0. The highest BCUT2D eigenvalue weighted by molar-refractivity contribution is 5.81. The third-order valence-electron chi connectivity index (χ3n) is 3.00. The van der Waals surface area contributed by atoms with Crippen LogP contribution in [0.5, 0.6) is 5.75 Å². The average molecular weight is 267 g/mol. The van der Waals surface area contributed by atoms with Gasteiger partial charge in [0.15, 0.2) is 17.8 Å². The van der Waals surface area contributed by atoms with Gasteiger partial charge in [-0.1, -0.05) is 17.7 Å². The molecule has 2 heterocycles. The molecule has 0 saturated carbocycles. The van der Waals surface area contributed by atoms with E-state index in [1.54, 1.807) is 16.7 Å². The number of benzene rings is 1. The standard InChI is InChI=1S/C15H13N3O2/c1-11-3-5-12(6-4-11)20-10-14-17-13(9-19)15-16-7-2-8-18(14)15/h2-9H,10H2,1H3. The maximum absolute atomic E-state index is 11.0. The van der Waals surface area contributed by atoms with Crippen LogP contribution in [0.25, 0.3) is 5.65 Å². The Morgan fingerprint density at radius 2 is 2.10 bits per heavy atom. The zero-order chi connectivity index (χ0) is 13.9. The number of fused-ring (bicyclic) bond motifs is 1. The molecule has 0 amide bonds. The predicted molar refractivity (Wildman–Crippen MR) is 73.9 cm³/mol. The largest absolute Gasteiger partial charge is 0.486 e. The van der Waals surface area contributed by atoms with E-state index in [-0.39, 0.29) is 6.61 Å². The molecule has 100 valence electrons. The molecule has 0 radical (unpaired) electrons. The Hall–Kier alpha value is -2.69. The van der Waals surface area contributed by atoms with Gasteiger partial charge in [-0.25, -0.2) is 9.97 Å². The molecule has 5 nitrogen and oxygen atoms in total. The zero-order valence-corrected chi connectivity index (χ0v) is 11.0. The van der Waals surface area contributed by atoms with Crippen LogP contribution in [0, 0.1) is 6.92 Å². The number of hydrogen-bond donors (Lipinski definition) is 0. The molecule has 0 unspecified atom stereocenters. The lowest BCUT2D eigenvalue weighted by Gasteiger charge is -2.05. The van der Waals surface area contributed by atoms with Crippen LogP contribution in [0.1, 0.15) is 21.9 Å². The van der Waals surface area contributed by atoms with Crippen LogP contribution in [0.4, 0.5) is 0 Å². The Bertz CT molecular complexity index is 747. The summed E-state index contributed by atoms with van der Waals surface area (Å²) in [4.78, 5) is 19.4. The molecule has 1 aromatic carbocycles. The summed E-state index contributed by atoms with van der Waals surface area (Å²) in [5.41, 5.74) is 2.05. The predicted octanol–water partition coefficient (Wildman–Crippen LogP) is 2.43. The first kappa shape index (κ1) is 12.3. The number of aryl methyl sites for hydroxylation is 1. The number of carbonyl (C=O) groups excluding carboxylic acids is 1. The van der Waals surface area contributed by atoms with Crippen molar-refractivity contribution in [3.63, 3.8) is 0 Å². The first-order valence-corrected chi connectivity index (χ1v) is 6.24. The summed E-state index contributed by atoms with van der Waals surface area (Å²) in [6, 6.07) is 9.57. The van der Waals surface area contributed by atoms with E-state index in [4.69, 9.17) is 4.74 Å². The van der Waals surface area contributed by atoms with E-state index in [0.29, 0.717) is 23.5 Å². The SMILES string of the molecule is Cc1ccc(OCc2nc(C=O)c3ncccn23)cc1. The summed E-state index contributed by atoms with van der Waals surface area (Å²) in [6.45, 7) is 2.30. The minimum absolute atomic E-state index is 0.282. The number of hydrogen-bond acceptors (Lipinski definition) is 4. The van der Waals surface area contributed by atoms with Crippen LogP contribution in [-0.4, -0.2) is 20.7 Å². The minimum atomic E-state index is 0.282. The van der Waals surface area contributed by atoms with Gasteiger partial charge >= 0.3 is 0 Å². The van der Waals surface area contributed by atoms with Gasteiger partial charge in [-0.2, -0.15) is 0 Å². The van der Waals surface area contributed by atoms with Crippen LogP contribution in [0.15, 0.2) is 42.7 Å². The van der Waals surface area contributed by atoms with Gasteiger partial charge in [0.2, 0.25) is 0 Å². The molecule has 2 aromatic heterocycles. The quantitative estimate of drug-likeness (QED) is 0.681. The third-order valence-corrected chi connectivity index (χ3v) is 3.00. The van der Waals surface area contributed by atoms with E-state index in [9.17, 15) is 4.79 Å². The number of ether oxygens (including phenoxy) is 1. The van der Waals surface area contributed by atoms with Crippen molar-refractivity contribution in [1.82, 2.24) is 14.4 Å². The maximum atomic E-state index is 11.0. The summed E-state index contributed by atoms with van der Waals surface area (Å²) in [5.74, 6) is 1.42. The highest BCUT2D eigenvalue weighted by atomic mass is 16.5. The van der Waals surface area contributed by atoms with Crippen LogP contribution >= 0.6 is 0 Å². The van der Waals surface area contributed by atoms with Gasteiger partial charge in [0, 0.05) is 12.4 Å². The first-order chi connectivity index (χ1) is 9.78. The van der Waals surface area contributed by atoms with Crippen molar-refractivity contribution < 1.29 is 9.53 Å². The van der Waals surface area contributed by atoms with Crippen LogP contribution < -0.4 is 4.74 Å². The van der Waals surface area contributed by atoms with E-state index in [1.165, 1.54) is 5.56 Å². The molecule has 5 heteroatoms. The molecule has 0 aliphatic carbocycles. The van der Waals surface area contributed by atoms with Crippen molar-refractivity contribution >= 4 is 11.9 Å². The van der Waals surface area contributed by atoms with Gasteiger partial charge < -0.3 is 4.74 Å². The molecule has 3 aromatic rings. The van der Waals surface area contributed by atoms with Crippen molar-refractivity contribution in [2.24, 2.45) is 0 Å². The summed E-state index contributed by atoms with van der Waals surface area (Å²) in [7, 11) is 0.